The van der Waals surface area contributed by atoms with E-state index < -0.39 is 18.0 Å². The van der Waals surface area contributed by atoms with Crippen LogP contribution < -0.4 is 5.32 Å². The average molecular weight is 383 g/mol. The van der Waals surface area contributed by atoms with E-state index in [1.807, 2.05) is 23.6 Å². The predicted molar refractivity (Wildman–Crippen MR) is 100 cm³/mol. The summed E-state index contributed by atoms with van der Waals surface area (Å²) in [4.78, 5) is 29.6. The lowest BCUT2D eigenvalue weighted by molar-refractivity contribution is -0.123. The third-order valence-corrected chi connectivity index (χ3v) is 5.24. The average Bonchev–Trinajstić information content (AvgIpc) is 3.33. The number of rotatable bonds is 5. The second kappa shape index (κ2) is 7.91. The highest BCUT2D eigenvalue weighted by atomic mass is 32.1. The van der Waals surface area contributed by atoms with Crippen LogP contribution in [0.25, 0.3) is 9.88 Å². The smallest absolute Gasteiger partial charge is 0.358 e. The third kappa shape index (κ3) is 4.14. The molecule has 0 bridgehead atoms. The number of carbonyl (C=O) groups is 2. The van der Waals surface area contributed by atoms with Gasteiger partial charge in [0.05, 0.1) is 16.5 Å². The van der Waals surface area contributed by atoms with Gasteiger partial charge in [0, 0.05) is 11.1 Å². The van der Waals surface area contributed by atoms with Crippen LogP contribution in [0.15, 0.2) is 47.2 Å². The van der Waals surface area contributed by atoms with Crippen molar-refractivity contribution in [1.82, 2.24) is 4.98 Å². The summed E-state index contributed by atoms with van der Waals surface area (Å²) in [5.74, 6) is -1.14. The highest BCUT2D eigenvalue weighted by Gasteiger charge is 2.21. The van der Waals surface area contributed by atoms with Gasteiger partial charge in [0.2, 0.25) is 0 Å². The van der Waals surface area contributed by atoms with Crippen molar-refractivity contribution in [2.75, 3.05) is 5.32 Å². The summed E-state index contributed by atoms with van der Waals surface area (Å²) in [5.41, 5.74) is 1.06. The number of benzene rings is 1. The summed E-state index contributed by atoms with van der Waals surface area (Å²) >= 11 is 2.88. The molecule has 8 heteroatoms. The van der Waals surface area contributed by atoms with Gasteiger partial charge in [0.1, 0.15) is 5.01 Å². The Morgan fingerprint density at radius 1 is 1.27 bits per heavy atom. The summed E-state index contributed by atoms with van der Waals surface area (Å²) in [6.07, 6.45) is -1.000. The van der Waals surface area contributed by atoms with Crippen LogP contribution in [-0.4, -0.2) is 23.0 Å². The second-order valence-corrected chi connectivity index (χ2v) is 7.05. The molecule has 1 atom stereocenters. The fraction of sp³-hybridized carbons (Fsp3) is 0.111. The molecule has 0 unspecified atom stereocenters. The molecule has 1 aromatic carbocycles. The van der Waals surface area contributed by atoms with Crippen molar-refractivity contribution in [1.29, 1.82) is 5.26 Å². The number of aromatic nitrogens is 1. The van der Waals surface area contributed by atoms with Gasteiger partial charge >= 0.3 is 5.97 Å². The number of carbonyl (C=O) groups excluding carboxylic acids is 2. The van der Waals surface area contributed by atoms with E-state index >= 15 is 0 Å². The van der Waals surface area contributed by atoms with Gasteiger partial charge in [-0.05, 0) is 36.6 Å². The summed E-state index contributed by atoms with van der Waals surface area (Å²) in [5, 5.41) is 15.8. The zero-order valence-corrected chi connectivity index (χ0v) is 15.3. The minimum Gasteiger partial charge on any atom is -0.448 e. The molecule has 0 saturated carbocycles. The van der Waals surface area contributed by atoms with Crippen molar-refractivity contribution in [3.8, 4) is 16.0 Å². The lowest BCUT2D eigenvalue weighted by Gasteiger charge is -2.12. The van der Waals surface area contributed by atoms with Gasteiger partial charge in [-0.15, -0.1) is 22.7 Å². The lowest BCUT2D eigenvalue weighted by Crippen LogP contribution is -2.30. The van der Waals surface area contributed by atoms with Gasteiger partial charge in [-0.1, -0.05) is 12.1 Å². The Kier molecular flexibility index (Phi) is 5.41. The molecule has 0 aliphatic carbocycles. The van der Waals surface area contributed by atoms with Crippen LogP contribution in [0, 0.1) is 11.3 Å². The minimum atomic E-state index is -1.000. The zero-order valence-electron chi connectivity index (χ0n) is 13.6. The Bertz CT molecular complexity index is 974. The lowest BCUT2D eigenvalue weighted by atomic mass is 10.2. The molecule has 1 amide bonds. The molecule has 26 heavy (non-hydrogen) atoms. The fourth-order valence-corrected chi connectivity index (χ4v) is 3.67. The van der Waals surface area contributed by atoms with Crippen molar-refractivity contribution < 1.29 is 14.3 Å². The van der Waals surface area contributed by atoms with Crippen LogP contribution in [0.2, 0.25) is 0 Å². The van der Waals surface area contributed by atoms with E-state index in [4.69, 9.17) is 10.00 Å². The Labute approximate surface area is 157 Å². The van der Waals surface area contributed by atoms with Crippen LogP contribution in [-0.2, 0) is 9.53 Å². The zero-order chi connectivity index (χ0) is 18.5. The van der Waals surface area contributed by atoms with Gasteiger partial charge in [0.25, 0.3) is 5.91 Å². The molecule has 3 aromatic rings. The van der Waals surface area contributed by atoms with Gasteiger partial charge in [-0.2, -0.15) is 5.26 Å². The molecule has 0 spiro atoms. The largest absolute Gasteiger partial charge is 0.448 e. The quantitative estimate of drug-likeness (QED) is 0.674. The third-order valence-electron chi connectivity index (χ3n) is 3.36. The number of nitrogens with zero attached hydrogens (tertiary/aromatic N) is 2. The van der Waals surface area contributed by atoms with E-state index in [1.165, 1.54) is 29.6 Å². The second-order valence-electron chi connectivity index (χ2n) is 5.24. The van der Waals surface area contributed by atoms with Crippen LogP contribution >= 0.6 is 22.7 Å². The predicted octanol–water partition coefficient (Wildman–Crippen LogP) is 3.93. The van der Waals surface area contributed by atoms with Crippen LogP contribution in [0.5, 0.6) is 0 Å². The van der Waals surface area contributed by atoms with Gasteiger partial charge in [0.15, 0.2) is 11.8 Å². The molecule has 0 aliphatic heterocycles. The minimum absolute atomic E-state index is 0.171. The molecule has 0 radical (unpaired) electrons. The number of amides is 1. The fourth-order valence-electron chi connectivity index (χ4n) is 2.07. The number of thiophene rings is 1. The SMILES string of the molecule is C[C@H](OC(=O)c1csc(-c2cccs2)n1)C(=O)Nc1cccc(C#N)c1. The molecule has 0 saturated heterocycles. The number of nitrogens with one attached hydrogen (secondary N) is 1. The first-order valence-corrected chi connectivity index (χ1v) is 9.34. The number of hydrogen-bond donors (Lipinski definition) is 1. The summed E-state index contributed by atoms with van der Waals surface area (Å²) < 4.78 is 5.19. The van der Waals surface area contributed by atoms with E-state index in [1.54, 1.807) is 29.6 Å². The van der Waals surface area contributed by atoms with E-state index in [0.717, 1.165) is 9.88 Å². The number of esters is 1. The maximum absolute atomic E-state index is 12.2. The normalized spacial score (nSPS) is 11.4. The highest BCUT2D eigenvalue weighted by molar-refractivity contribution is 7.20. The molecule has 2 aromatic heterocycles. The Morgan fingerprint density at radius 3 is 2.85 bits per heavy atom. The molecule has 2 heterocycles. The van der Waals surface area contributed by atoms with Gasteiger partial charge in [-0.3, -0.25) is 4.79 Å². The van der Waals surface area contributed by atoms with Crippen LogP contribution in [0.4, 0.5) is 5.69 Å². The van der Waals surface area contributed by atoms with Crippen LogP contribution in [0.1, 0.15) is 23.0 Å². The Balaban J connectivity index is 1.61. The Morgan fingerprint density at radius 2 is 2.12 bits per heavy atom. The van der Waals surface area contributed by atoms with Crippen molar-refractivity contribution >= 4 is 40.2 Å². The number of hydrogen-bond acceptors (Lipinski definition) is 7. The van der Waals surface area contributed by atoms with Crippen molar-refractivity contribution in [2.24, 2.45) is 0 Å². The van der Waals surface area contributed by atoms with Gasteiger partial charge in [-0.25, -0.2) is 9.78 Å². The first-order chi connectivity index (χ1) is 12.6. The van der Waals surface area contributed by atoms with Gasteiger partial charge < -0.3 is 10.1 Å². The number of nitriles is 1. The van der Waals surface area contributed by atoms with E-state index in [9.17, 15) is 9.59 Å². The highest BCUT2D eigenvalue weighted by Crippen LogP contribution is 2.28. The molecular formula is C18H13N3O3S2. The molecule has 1 N–H and O–H groups in total. The summed E-state index contributed by atoms with van der Waals surface area (Å²) in [7, 11) is 0. The molecule has 3 rings (SSSR count). The number of anilines is 1. The summed E-state index contributed by atoms with van der Waals surface area (Å²) in [6, 6.07) is 12.3. The first-order valence-electron chi connectivity index (χ1n) is 7.58. The topological polar surface area (TPSA) is 92.1 Å². The molecule has 0 aliphatic rings. The summed E-state index contributed by atoms with van der Waals surface area (Å²) in [6.45, 7) is 1.48. The monoisotopic (exact) mass is 383 g/mol. The van der Waals surface area contributed by atoms with Crippen molar-refractivity contribution in [3.63, 3.8) is 0 Å². The standard InChI is InChI=1S/C18H13N3O3S2/c1-11(16(22)20-13-5-2-4-12(8-13)9-19)24-18(23)14-10-26-17(21-14)15-6-3-7-25-15/h2-8,10-11H,1H3,(H,20,22)/t11-/m0/s1. The number of ether oxygens (including phenoxy) is 1. The van der Waals surface area contributed by atoms with Crippen molar-refractivity contribution in [3.05, 3.63) is 58.4 Å². The molecule has 130 valence electrons. The maximum Gasteiger partial charge on any atom is 0.358 e. The Hall–Kier alpha value is -3.02. The van der Waals surface area contributed by atoms with Crippen LogP contribution in [0.3, 0.4) is 0 Å². The molecular weight excluding hydrogens is 370 g/mol. The van der Waals surface area contributed by atoms with E-state index in [-0.39, 0.29) is 5.69 Å². The van der Waals surface area contributed by atoms with E-state index in [0.29, 0.717) is 11.3 Å². The first kappa shape index (κ1) is 17.8. The van der Waals surface area contributed by atoms with E-state index in [2.05, 4.69) is 10.3 Å². The maximum atomic E-state index is 12.2. The van der Waals surface area contributed by atoms with Crippen molar-refractivity contribution in [2.45, 2.75) is 13.0 Å². The molecule has 6 nitrogen and oxygen atoms in total. The number of thiazole rings is 1. The molecule has 0 fully saturated rings.